The van der Waals surface area contributed by atoms with Crippen LogP contribution in [0.3, 0.4) is 0 Å². The molecule has 0 N–H and O–H groups in total. The van der Waals surface area contributed by atoms with E-state index in [0.717, 1.165) is 24.8 Å². The van der Waals surface area contributed by atoms with Gasteiger partial charge in [-0.15, -0.1) is 0 Å². The van der Waals surface area contributed by atoms with Crippen molar-refractivity contribution >= 4 is 12.6 Å². The topological polar surface area (TPSA) is 12.5 Å². The number of rotatable bonds is 11. The Morgan fingerprint density at radius 3 is 2.24 bits per heavy atom. The first-order chi connectivity index (χ1) is 8.23. The number of hydrogen-bond acceptors (Lipinski definition) is 3. The van der Waals surface area contributed by atoms with E-state index < -0.39 is 0 Å². The van der Waals surface area contributed by atoms with Crippen molar-refractivity contribution < 1.29 is 4.74 Å². The van der Waals surface area contributed by atoms with Crippen LogP contribution in [0.4, 0.5) is 0 Å². The van der Waals surface area contributed by atoms with Crippen molar-refractivity contribution in [2.75, 3.05) is 32.6 Å². The van der Waals surface area contributed by atoms with Crippen LogP contribution < -0.4 is 0 Å². The molecule has 0 bridgehead atoms. The van der Waals surface area contributed by atoms with Gasteiger partial charge >= 0.3 is 0 Å². The summed E-state index contributed by atoms with van der Waals surface area (Å²) in [4.78, 5) is 2.60. The highest BCUT2D eigenvalue weighted by molar-refractivity contribution is 7.80. The smallest absolute Gasteiger partial charge is 0.0589 e. The van der Waals surface area contributed by atoms with Crippen molar-refractivity contribution in [2.45, 2.75) is 52.5 Å². The third-order valence-corrected chi connectivity index (χ3v) is 4.01. The van der Waals surface area contributed by atoms with Crippen molar-refractivity contribution in [1.29, 1.82) is 0 Å². The summed E-state index contributed by atoms with van der Waals surface area (Å²) in [5.41, 5.74) is 0. The zero-order chi connectivity index (χ0) is 13.1. The molecule has 17 heavy (non-hydrogen) atoms. The van der Waals surface area contributed by atoms with Crippen LogP contribution in [0.1, 0.15) is 46.5 Å². The molecule has 0 heterocycles. The van der Waals surface area contributed by atoms with Gasteiger partial charge in [0.25, 0.3) is 0 Å². The molecule has 0 aliphatic rings. The van der Waals surface area contributed by atoms with E-state index in [1.807, 2.05) is 0 Å². The van der Waals surface area contributed by atoms with E-state index in [4.69, 9.17) is 4.74 Å². The third kappa shape index (κ3) is 7.32. The minimum atomic E-state index is 0.699. The fraction of sp³-hybridized carbons (Fsp3) is 1.00. The number of ether oxygens (including phenoxy) is 1. The molecular formula is C14H31NOS. The Morgan fingerprint density at radius 2 is 1.82 bits per heavy atom. The number of methoxy groups -OCH3 is 1. The first kappa shape index (κ1) is 17.3. The lowest BCUT2D eigenvalue weighted by molar-refractivity contribution is 0.103. The van der Waals surface area contributed by atoms with Crippen molar-refractivity contribution in [3.63, 3.8) is 0 Å². The van der Waals surface area contributed by atoms with Crippen LogP contribution in [-0.2, 0) is 4.74 Å². The average molecular weight is 261 g/mol. The van der Waals surface area contributed by atoms with Crippen LogP contribution in [0.25, 0.3) is 0 Å². The summed E-state index contributed by atoms with van der Waals surface area (Å²) < 4.78 is 5.23. The molecule has 0 amide bonds. The van der Waals surface area contributed by atoms with Gasteiger partial charge in [0.1, 0.15) is 0 Å². The van der Waals surface area contributed by atoms with Crippen molar-refractivity contribution in [3.05, 3.63) is 0 Å². The van der Waals surface area contributed by atoms with Gasteiger partial charge in [-0.2, -0.15) is 12.6 Å². The predicted molar refractivity (Wildman–Crippen MR) is 80.1 cm³/mol. The summed E-state index contributed by atoms with van der Waals surface area (Å²) in [5, 5.41) is 0. The molecule has 0 aliphatic heterocycles. The highest BCUT2D eigenvalue weighted by atomic mass is 32.1. The van der Waals surface area contributed by atoms with Gasteiger partial charge in [0, 0.05) is 26.2 Å². The van der Waals surface area contributed by atoms with E-state index in [0.29, 0.717) is 6.04 Å². The second-order valence-corrected chi connectivity index (χ2v) is 5.16. The van der Waals surface area contributed by atoms with Crippen molar-refractivity contribution in [1.82, 2.24) is 4.90 Å². The average Bonchev–Trinajstić information content (AvgIpc) is 2.36. The van der Waals surface area contributed by atoms with Crippen LogP contribution >= 0.6 is 12.6 Å². The minimum absolute atomic E-state index is 0.699. The SMILES string of the molecule is CCCC(CS)CN(CCOC)C(CC)CC. The Bertz CT molecular complexity index is 162. The molecule has 0 fully saturated rings. The minimum Gasteiger partial charge on any atom is -0.383 e. The fourth-order valence-corrected chi connectivity index (χ4v) is 2.71. The van der Waals surface area contributed by atoms with Crippen molar-refractivity contribution in [2.24, 2.45) is 5.92 Å². The van der Waals surface area contributed by atoms with Gasteiger partial charge in [-0.3, -0.25) is 4.90 Å². The molecule has 3 heteroatoms. The lowest BCUT2D eigenvalue weighted by atomic mass is 10.0. The first-order valence-corrected chi connectivity index (χ1v) is 7.70. The molecule has 0 saturated carbocycles. The lowest BCUT2D eigenvalue weighted by Gasteiger charge is -2.33. The Hall–Kier alpha value is 0.270. The van der Waals surface area contributed by atoms with Crippen LogP contribution in [0.2, 0.25) is 0 Å². The monoisotopic (exact) mass is 261 g/mol. The van der Waals surface area contributed by atoms with E-state index in [1.165, 1.54) is 32.2 Å². The number of nitrogens with zero attached hydrogens (tertiary/aromatic N) is 1. The first-order valence-electron chi connectivity index (χ1n) is 7.07. The number of thiol groups is 1. The Morgan fingerprint density at radius 1 is 1.18 bits per heavy atom. The van der Waals surface area contributed by atoms with Gasteiger partial charge in [-0.1, -0.05) is 27.2 Å². The Balaban J connectivity index is 4.32. The molecule has 0 radical (unpaired) electrons. The van der Waals surface area contributed by atoms with E-state index in [1.54, 1.807) is 7.11 Å². The highest BCUT2D eigenvalue weighted by Crippen LogP contribution is 2.15. The normalized spacial score (nSPS) is 13.6. The van der Waals surface area contributed by atoms with Crippen LogP contribution in [0, 0.1) is 5.92 Å². The molecular weight excluding hydrogens is 230 g/mol. The molecule has 0 aromatic heterocycles. The molecule has 1 unspecified atom stereocenters. The van der Waals surface area contributed by atoms with Gasteiger partial charge in [0.2, 0.25) is 0 Å². The molecule has 0 aromatic carbocycles. The second kappa shape index (κ2) is 11.4. The van der Waals surface area contributed by atoms with Crippen LogP contribution in [0.5, 0.6) is 0 Å². The molecule has 104 valence electrons. The zero-order valence-corrected chi connectivity index (χ0v) is 13.0. The van der Waals surface area contributed by atoms with E-state index >= 15 is 0 Å². The highest BCUT2D eigenvalue weighted by Gasteiger charge is 2.18. The summed E-state index contributed by atoms with van der Waals surface area (Å²) in [6, 6.07) is 0.699. The zero-order valence-electron chi connectivity index (χ0n) is 12.1. The van der Waals surface area contributed by atoms with Crippen molar-refractivity contribution in [3.8, 4) is 0 Å². The third-order valence-electron chi connectivity index (χ3n) is 3.49. The van der Waals surface area contributed by atoms with E-state index in [2.05, 4.69) is 38.3 Å². The molecule has 0 aliphatic carbocycles. The largest absolute Gasteiger partial charge is 0.383 e. The lowest BCUT2D eigenvalue weighted by Crippen LogP contribution is -2.40. The van der Waals surface area contributed by atoms with Gasteiger partial charge < -0.3 is 4.74 Å². The molecule has 0 aromatic rings. The van der Waals surface area contributed by atoms with Crippen LogP contribution in [-0.4, -0.2) is 43.5 Å². The summed E-state index contributed by atoms with van der Waals surface area (Å²) in [6.07, 6.45) is 5.00. The van der Waals surface area contributed by atoms with E-state index in [9.17, 15) is 0 Å². The van der Waals surface area contributed by atoms with Gasteiger partial charge in [-0.05, 0) is 30.9 Å². The standard InChI is InChI=1S/C14H31NOS/c1-5-8-13(12-17)11-15(9-10-16-4)14(6-2)7-3/h13-14,17H,5-12H2,1-4H3. The quantitative estimate of drug-likeness (QED) is 0.572. The predicted octanol–water partition coefficient (Wildman–Crippen LogP) is 3.47. The van der Waals surface area contributed by atoms with Gasteiger partial charge in [-0.25, -0.2) is 0 Å². The summed E-state index contributed by atoms with van der Waals surface area (Å²) in [6.45, 7) is 9.88. The summed E-state index contributed by atoms with van der Waals surface area (Å²) in [5.74, 6) is 1.72. The van der Waals surface area contributed by atoms with Crippen LogP contribution in [0.15, 0.2) is 0 Å². The molecule has 1 atom stereocenters. The number of hydrogen-bond donors (Lipinski definition) is 1. The summed E-state index contributed by atoms with van der Waals surface area (Å²) in [7, 11) is 1.78. The maximum absolute atomic E-state index is 5.23. The Labute approximate surface area is 114 Å². The molecule has 0 rings (SSSR count). The summed E-state index contributed by atoms with van der Waals surface area (Å²) >= 11 is 4.48. The maximum atomic E-state index is 5.23. The van der Waals surface area contributed by atoms with E-state index in [-0.39, 0.29) is 0 Å². The maximum Gasteiger partial charge on any atom is 0.0589 e. The second-order valence-electron chi connectivity index (χ2n) is 4.80. The van der Waals surface area contributed by atoms with Gasteiger partial charge in [0.15, 0.2) is 0 Å². The molecule has 0 spiro atoms. The Kier molecular flexibility index (Phi) is 11.5. The molecule has 0 saturated heterocycles. The molecule has 2 nitrogen and oxygen atoms in total. The fourth-order valence-electron chi connectivity index (χ4n) is 2.42. The van der Waals surface area contributed by atoms with Gasteiger partial charge in [0.05, 0.1) is 6.61 Å².